The molecular weight excluding hydrogens is 486 g/mol. The number of hydrazone groups is 1. The van der Waals surface area contributed by atoms with Gasteiger partial charge in [-0.25, -0.2) is 4.79 Å². The van der Waals surface area contributed by atoms with E-state index in [4.69, 9.17) is 38.0 Å². The Labute approximate surface area is 215 Å². The zero-order valence-corrected chi connectivity index (χ0v) is 21.0. The van der Waals surface area contributed by atoms with Crippen molar-refractivity contribution in [2.24, 2.45) is 5.10 Å². The predicted octanol–water partition coefficient (Wildman–Crippen LogP) is 6.07. The third-order valence-electron chi connectivity index (χ3n) is 4.71. The summed E-state index contributed by atoms with van der Waals surface area (Å²) in [5.74, 6) is 0.904. The van der Waals surface area contributed by atoms with Crippen molar-refractivity contribution >= 4 is 46.8 Å². The Morgan fingerprint density at radius 1 is 1.09 bits per heavy atom. The molecule has 0 saturated heterocycles. The van der Waals surface area contributed by atoms with E-state index in [2.05, 4.69) is 22.8 Å². The number of halogens is 1. The second kappa shape index (κ2) is 13.3. The molecule has 0 amide bonds. The zero-order valence-electron chi connectivity index (χ0n) is 19.4. The van der Waals surface area contributed by atoms with Gasteiger partial charge in [0.05, 0.1) is 25.5 Å². The number of unbranched alkanes of at least 4 members (excludes halogenated alkanes) is 1. The van der Waals surface area contributed by atoms with Gasteiger partial charge >= 0.3 is 5.97 Å². The van der Waals surface area contributed by atoms with Crippen molar-refractivity contribution in [1.29, 1.82) is 0 Å². The van der Waals surface area contributed by atoms with Gasteiger partial charge in [0.1, 0.15) is 5.75 Å². The van der Waals surface area contributed by atoms with Gasteiger partial charge in [-0.2, -0.15) is 5.10 Å². The van der Waals surface area contributed by atoms with Crippen LogP contribution in [0, 0.1) is 0 Å². The van der Waals surface area contributed by atoms with Crippen LogP contribution in [-0.4, -0.2) is 31.0 Å². The van der Waals surface area contributed by atoms with E-state index in [0.29, 0.717) is 45.1 Å². The van der Waals surface area contributed by atoms with Gasteiger partial charge < -0.3 is 19.5 Å². The van der Waals surface area contributed by atoms with Crippen molar-refractivity contribution in [3.63, 3.8) is 0 Å². The highest BCUT2D eigenvalue weighted by Gasteiger charge is 2.13. The number of carbonyl (C=O) groups excluding carboxylic acids is 1. The zero-order chi connectivity index (χ0) is 25.0. The van der Waals surface area contributed by atoms with Crippen molar-refractivity contribution in [2.75, 3.05) is 19.0 Å². The molecule has 0 aliphatic heterocycles. The maximum Gasteiger partial charge on any atom is 0.343 e. The molecule has 3 aromatic carbocycles. The predicted molar refractivity (Wildman–Crippen MR) is 143 cm³/mol. The second-order valence-electron chi connectivity index (χ2n) is 7.36. The fraction of sp³-hybridized carbons (Fsp3) is 0.192. The highest BCUT2D eigenvalue weighted by atomic mass is 35.5. The van der Waals surface area contributed by atoms with Gasteiger partial charge in [-0.15, -0.1) is 0 Å². The normalized spacial score (nSPS) is 10.6. The summed E-state index contributed by atoms with van der Waals surface area (Å²) < 4.78 is 16.5. The molecule has 0 aliphatic carbocycles. The highest BCUT2D eigenvalue weighted by molar-refractivity contribution is 7.80. The number of esters is 1. The third kappa shape index (κ3) is 8.27. The number of methoxy groups -OCH3 is 1. The number of hydrogen-bond donors (Lipinski definition) is 2. The molecule has 0 atom stereocenters. The van der Waals surface area contributed by atoms with E-state index in [1.165, 1.54) is 7.11 Å². The van der Waals surface area contributed by atoms with Crippen LogP contribution in [0.15, 0.2) is 71.8 Å². The van der Waals surface area contributed by atoms with E-state index in [1.54, 1.807) is 60.8 Å². The fourth-order valence-corrected chi connectivity index (χ4v) is 3.28. The smallest absolute Gasteiger partial charge is 0.343 e. The lowest BCUT2D eigenvalue weighted by atomic mass is 10.2. The van der Waals surface area contributed by atoms with Crippen LogP contribution in [0.5, 0.6) is 17.2 Å². The minimum atomic E-state index is -0.496. The van der Waals surface area contributed by atoms with Crippen molar-refractivity contribution in [3.8, 4) is 17.2 Å². The molecule has 0 heterocycles. The SMILES string of the molecule is CCCCOc1ccc(C(=O)Oc2ccc(/C=N/NC(=S)Nc3cccc(Cl)c3)cc2OC)cc1. The second-order valence-corrected chi connectivity index (χ2v) is 8.21. The number of rotatable bonds is 10. The van der Waals surface area contributed by atoms with Crippen LogP contribution >= 0.6 is 23.8 Å². The third-order valence-corrected chi connectivity index (χ3v) is 5.14. The molecule has 3 aromatic rings. The van der Waals surface area contributed by atoms with Gasteiger partial charge in [-0.3, -0.25) is 5.43 Å². The Balaban J connectivity index is 1.57. The first kappa shape index (κ1) is 26.0. The molecule has 2 N–H and O–H groups in total. The fourth-order valence-electron chi connectivity index (χ4n) is 2.92. The van der Waals surface area contributed by atoms with E-state index in [1.807, 2.05) is 12.1 Å². The van der Waals surface area contributed by atoms with Crippen molar-refractivity contribution in [1.82, 2.24) is 5.43 Å². The summed E-state index contributed by atoms with van der Waals surface area (Å²) >= 11 is 11.2. The van der Waals surface area contributed by atoms with Crippen LogP contribution in [0.25, 0.3) is 0 Å². The summed E-state index contributed by atoms with van der Waals surface area (Å²) in [4.78, 5) is 12.6. The van der Waals surface area contributed by atoms with Gasteiger partial charge in [0.25, 0.3) is 0 Å². The Bertz CT molecular complexity index is 1190. The lowest BCUT2D eigenvalue weighted by molar-refractivity contribution is 0.0729. The number of anilines is 1. The molecule has 0 unspecified atom stereocenters. The minimum Gasteiger partial charge on any atom is -0.494 e. The first-order chi connectivity index (χ1) is 17.0. The Morgan fingerprint density at radius 2 is 1.89 bits per heavy atom. The van der Waals surface area contributed by atoms with E-state index in [9.17, 15) is 4.79 Å². The number of benzene rings is 3. The summed E-state index contributed by atoms with van der Waals surface area (Å²) in [6.07, 6.45) is 3.60. The molecule has 182 valence electrons. The molecule has 0 radical (unpaired) electrons. The molecule has 0 bridgehead atoms. The number of ether oxygens (including phenoxy) is 3. The van der Waals surface area contributed by atoms with Crippen LogP contribution in [0.2, 0.25) is 5.02 Å². The van der Waals surface area contributed by atoms with Crippen LogP contribution in [-0.2, 0) is 0 Å². The molecular formula is C26H26ClN3O4S. The van der Waals surface area contributed by atoms with Crippen molar-refractivity contribution in [2.45, 2.75) is 19.8 Å². The number of nitrogens with zero attached hydrogens (tertiary/aromatic N) is 1. The summed E-state index contributed by atoms with van der Waals surface area (Å²) in [6, 6.07) is 19.1. The topological polar surface area (TPSA) is 81.2 Å². The average Bonchev–Trinajstić information content (AvgIpc) is 2.85. The first-order valence-corrected chi connectivity index (χ1v) is 11.8. The highest BCUT2D eigenvalue weighted by Crippen LogP contribution is 2.28. The van der Waals surface area contributed by atoms with Crippen LogP contribution in [0.1, 0.15) is 35.7 Å². The average molecular weight is 512 g/mol. The Morgan fingerprint density at radius 3 is 2.60 bits per heavy atom. The summed E-state index contributed by atoms with van der Waals surface area (Å²) in [5.41, 5.74) is 4.61. The monoisotopic (exact) mass is 511 g/mol. The molecule has 0 fully saturated rings. The summed E-state index contributed by atoms with van der Waals surface area (Å²) in [5, 5.41) is 8.02. The van der Waals surface area contributed by atoms with Crippen LogP contribution < -0.4 is 25.0 Å². The molecule has 7 nitrogen and oxygen atoms in total. The number of thiocarbonyl (C=S) groups is 1. The van der Waals surface area contributed by atoms with Gasteiger partial charge in [0.15, 0.2) is 16.6 Å². The van der Waals surface area contributed by atoms with E-state index in [-0.39, 0.29) is 0 Å². The van der Waals surface area contributed by atoms with E-state index in [0.717, 1.165) is 18.5 Å². The molecule has 0 aliphatic rings. The molecule has 3 rings (SSSR count). The van der Waals surface area contributed by atoms with Crippen LogP contribution in [0.3, 0.4) is 0 Å². The molecule has 0 saturated carbocycles. The van der Waals surface area contributed by atoms with Crippen molar-refractivity contribution in [3.05, 3.63) is 82.9 Å². The van der Waals surface area contributed by atoms with Crippen molar-refractivity contribution < 1.29 is 19.0 Å². The number of hydrogen-bond acceptors (Lipinski definition) is 6. The quantitative estimate of drug-likeness (QED) is 0.0853. The minimum absolute atomic E-state index is 0.295. The maximum atomic E-state index is 12.6. The lowest BCUT2D eigenvalue weighted by Crippen LogP contribution is -2.23. The lowest BCUT2D eigenvalue weighted by Gasteiger charge is -2.11. The van der Waals surface area contributed by atoms with E-state index < -0.39 is 5.97 Å². The standard InChI is InChI=1S/C26H26ClN3O4S/c1-3-4-14-33-22-11-9-19(10-12-22)25(31)34-23-13-8-18(15-24(23)32-2)17-28-30-26(35)29-21-7-5-6-20(27)16-21/h5-13,15-17H,3-4,14H2,1-2H3,(H2,29,30,35)/b28-17+. The summed E-state index contributed by atoms with van der Waals surface area (Å²) in [7, 11) is 1.50. The van der Waals surface area contributed by atoms with Gasteiger partial charge in [0, 0.05) is 10.7 Å². The number of nitrogens with one attached hydrogen (secondary N) is 2. The Kier molecular flexibility index (Phi) is 9.89. The van der Waals surface area contributed by atoms with E-state index >= 15 is 0 Å². The van der Waals surface area contributed by atoms with Gasteiger partial charge in [-0.05, 0) is 84.9 Å². The van der Waals surface area contributed by atoms with Gasteiger partial charge in [-0.1, -0.05) is 31.0 Å². The number of carbonyl (C=O) groups is 1. The molecule has 9 heteroatoms. The maximum absolute atomic E-state index is 12.6. The molecule has 0 aromatic heterocycles. The molecule has 0 spiro atoms. The Hall–Kier alpha value is -3.62. The largest absolute Gasteiger partial charge is 0.494 e. The molecule has 35 heavy (non-hydrogen) atoms. The summed E-state index contributed by atoms with van der Waals surface area (Å²) in [6.45, 7) is 2.75. The first-order valence-electron chi connectivity index (χ1n) is 11.0. The van der Waals surface area contributed by atoms with Crippen LogP contribution in [0.4, 0.5) is 5.69 Å². The van der Waals surface area contributed by atoms with Gasteiger partial charge in [0.2, 0.25) is 0 Å².